The summed E-state index contributed by atoms with van der Waals surface area (Å²) in [5.41, 5.74) is 1.19. The van der Waals surface area contributed by atoms with Crippen LogP contribution < -0.4 is 4.74 Å². The first-order valence-electron chi connectivity index (χ1n) is 8.55. The number of sulfonamides is 1. The van der Waals surface area contributed by atoms with Crippen LogP contribution in [0.4, 0.5) is 0 Å². The zero-order valence-corrected chi connectivity index (χ0v) is 16.2. The van der Waals surface area contributed by atoms with E-state index in [-0.39, 0.29) is 10.0 Å². The molecule has 140 valence electrons. The number of hydrogen-bond donors (Lipinski definition) is 0. The van der Waals surface area contributed by atoms with Gasteiger partial charge in [-0.3, -0.25) is 4.90 Å². The molecule has 0 saturated carbocycles. The number of hydrogen-bond acceptors (Lipinski definition) is 5. The Morgan fingerprint density at radius 3 is 2.35 bits per heavy atom. The van der Waals surface area contributed by atoms with E-state index in [2.05, 4.69) is 9.88 Å². The molecule has 0 N–H and O–H groups in total. The van der Waals surface area contributed by atoms with Gasteiger partial charge in [0.05, 0.1) is 6.61 Å². The number of halogens is 1. The fraction of sp³-hybridized carbons (Fsp3) is 0.389. The van der Waals surface area contributed by atoms with Crippen molar-refractivity contribution in [3.63, 3.8) is 0 Å². The minimum atomic E-state index is -3.52. The first-order chi connectivity index (χ1) is 12.5. The van der Waals surface area contributed by atoms with Crippen LogP contribution in [-0.2, 0) is 16.6 Å². The third kappa shape index (κ3) is 4.54. The molecule has 1 saturated heterocycles. The van der Waals surface area contributed by atoms with Crippen LogP contribution in [0.3, 0.4) is 0 Å². The van der Waals surface area contributed by atoms with Gasteiger partial charge in [-0.25, -0.2) is 13.4 Å². The molecule has 0 unspecified atom stereocenters. The molecule has 1 aliphatic heterocycles. The van der Waals surface area contributed by atoms with Crippen LogP contribution in [0.1, 0.15) is 12.5 Å². The van der Waals surface area contributed by atoms with Gasteiger partial charge in [-0.15, -0.1) is 0 Å². The molecule has 8 heteroatoms. The van der Waals surface area contributed by atoms with Gasteiger partial charge in [-0.1, -0.05) is 23.7 Å². The van der Waals surface area contributed by atoms with E-state index < -0.39 is 10.0 Å². The van der Waals surface area contributed by atoms with Gasteiger partial charge in [0.25, 0.3) is 0 Å². The second-order valence-electron chi connectivity index (χ2n) is 6.07. The summed E-state index contributed by atoms with van der Waals surface area (Å²) < 4.78 is 32.3. The average molecular weight is 396 g/mol. The molecule has 1 aliphatic rings. The summed E-state index contributed by atoms with van der Waals surface area (Å²) in [5, 5.41) is 0.282. The molecule has 6 nitrogen and oxygen atoms in total. The fourth-order valence-corrected chi connectivity index (χ4v) is 4.39. The van der Waals surface area contributed by atoms with Crippen LogP contribution in [-0.4, -0.2) is 55.4 Å². The Morgan fingerprint density at radius 2 is 1.77 bits per heavy atom. The van der Waals surface area contributed by atoms with Crippen LogP contribution in [0, 0.1) is 0 Å². The molecule has 3 rings (SSSR count). The Labute approximate surface area is 159 Å². The Morgan fingerprint density at radius 1 is 1.08 bits per heavy atom. The van der Waals surface area contributed by atoms with E-state index in [1.165, 1.54) is 28.2 Å². The van der Waals surface area contributed by atoms with Gasteiger partial charge < -0.3 is 4.74 Å². The van der Waals surface area contributed by atoms with Crippen LogP contribution >= 0.6 is 11.6 Å². The molecule has 1 aromatic carbocycles. The smallest absolute Gasteiger partial charge is 0.244 e. The normalized spacial score (nSPS) is 16.5. The maximum atomic E-state index is 12.7. The number of pyridine rings is 1. The third-order valence-corrected chi connectivity index (χ3v) is 6.42. The van der Waals surface area contributed by atoms with E-state index >= 15 is 0 Å². The number of nitrogens with zero attached hydrogens (tertiary/aromatic N) is 3. The average Bonchev–Trinajstić information content (AvgIpc) is 2.64. The molecule has 0 bridgehead atoms. The van der Waals surface area contributed by atoms with Gasteiger partial charge in [0.15, 0.2) is 0 Å². The molecule has 2 heterocycles. The van der Waals surface area contributed by atoms with Crippen molar-refractivity contribution in [3.05, 3.63) is 53.3 Å². The van der Waals surface area contributed by atoms with E-state index in [1.807, 2.05) is 31.2 Å². The highest BCUT2D eigenvalue weighted by atomic mass is 35.5. The fourth-order valence-electron chi connectivity index (χ4n) is 2.91. The molecule has 0 aliphatic carbocycles. The van der Waals surface area contributed by atoms with Gasteiger partial charge in [0, 0.05) is 38.9 Å². The topological polar surface area (TPSA) is 62.7 Å². The van der Waals surface area contributed by atoms with Gasteiger partial charge in [-0.05, 0) is 36.8 Å². The molecule has 2 aromatic rings. The van der Waals surface area contributed by atoms with Gasteiger partial charge >= 0.3 is 0 Å². The SMILES string of the molecule is CCOc1ccc(CN2CCN(S(=O)(=O)c3ccc(Cl)nc3)CC2)cc1. The quantitative estimate of drug-likeness (QED) is 0.703. The van der Waals surface area contributed by atoms with Crippen LogP contribution in [0.5, 0.6) is 5.75 Å². The standard InChI is InChI=1S/C18H22ClN3O3S/c1-2-25-16-5-3-15(4-6-16)14-21-9-11-22(12-10-21)26(23,24)17-7-8-18(19)20-13-17/h3-8,13H,2,9-12,14H2,1H3. The van der Waals surface area contributed by atoms with Gasteiger partial charge in [-0.2, -0.15) is 4.31 Å². The lowest BCUT2D eigenvalue weighted by molar-refractivity contribution is 0.181. The van der Waals surface area contributed by atoms with Crippen molar-refractivity contribution < 1.29 is 13.2 Å². The monoisotopic (exact) mass is 395 g/mol. The summed E-state index contributed by atoms with van der Waals surface area (Å²) in [7, 11) is -3.52. The highest BCUT2D eigenvalue weighted by molar-refractivity contribution is 7.89. The lowest BCUT2D eigenvalue weighted by Crippen LogP contribution is -2.48. The maximum Gasteiger partial charge on any atom is 0.244 e. The second-order valence-corrected chi connectivity index (χ2v) is 8.40. The molecule has 1 aromatic heterocycles. The molecular formula is C18H22ClN3O3S. The van der Waals surface area contributed by atoms with Crippen LogP contribution in [0.15, 0.2) is 47.5 Å². The largest absolute Gasteiger partial charge is 0.494 e. The van der Waals surface area contributed by atoms with Crippen molar-refractivity contribution in [2.75, 3.05) is 32.8 Å². The Kier molecular flexibility index (Phi) is 6.13. The van der Waals surface area contributed by atoms with Crippen molar-refractivity contribution >= 4 is 21.6 Å². The second kappa shape index (κ2) is 8.35. The van der Waals surface area contributed by atoms with E-state index in [4.69, 9.17) is 16.3 Å². The minimum absolute atomic E-state index is 0.182. The van der Waals surface area contributed by atoms with E-state index in [1.54, 1.807) is 0 Å². The molecular weight excluding hydrogens is 374 g/mol. The highest BCUT2D eigenvalue weighted by Crippen LogP contribution is 2.19. The third-order valence-electron chi connectivity index (χ3n) is 4.31. The van der Waals surface area contributed by atoms with Crippen LogP contribution in [0.25, 0.3) is 0 Å². The number of aromatic nitrogens is 1. The molecule has 1 fully saturated rings. The summed E-state index contributed by atoms with van der Waals surface area (Å²) in [4.78, 5) is 6.30. The number of ether oxygens (including phenoxy) is 1. The summed E-state index contributed by atoms with van der Waals surface area (Å²) >= 11 is 5.74. The van der Waals surface area contributed by atoms with E-state index in [9.17, 15) is 8.42 Å². The Hall–Kier alpha value is -1.67. The molecule has 0 spiro atoms. The number of piperazine rings is 1. The Bertz CT molecular complexity index is 818. The van der Waals surface area contributed by atoms with Crippen LogP contribution in [0.2, 0.25) is 5.15 Å². The number of rotatable bonds is 6. The number of benzene rings is 1. The van der Waals surface area contributed by atoms with Crippen molar-refractivity contribution in [1.29, 1.82) is 0 Å². The summed E-state index contributed by atoms with van der Waals surface area (Å²) in [6, 6.07) is 11.0. The summed E-state index contributed by atoms with van der Waals surface area (Å²) in [6.45, 7) is 5.70. The first kappa shape index (κ1) is 19.1. The zero-order chi connectivity index (χ0) is 18.6. The lowest BCUT2D eigenvalue weighted by atomic mass is 10.2. The summed E-state index contributed by atoms with van der Waals surface area (Å²) in [6.07, 6.45) is 1.31. The maximum absolute atomic E-state index is 12.7. The molecule has 0 amide bonds. The van der Waals surface area contributed by atoms with Crippen molar-refractivity contribution in [1.82, 2.24) is 14.2 Å². The van der Waals surface area contributed by atoms with Crippen molar-refractivity contribution in [2.45, 2.75) is 18.4 Å². The lowest BCUT2D eigenvalue weighted by Gasteiger charge is -2.33. The molecule has 26 heavy (non-hydrogen) atoms. The van der Waals surface area contributed by atoms with Gasteiger partial charge in [0.1, 0.15) is 15.8 Å². The van der Waals surface area contributed by atoms with Crippen molar-refractivity contribution in [2.24, 2.45) is 0 Å². The highest BCUT2D eigenvalue weighted by Gasteiger charge is 2.28. The molecule has 0 atom stereocenters. The summed E-state index contributed by atoms with van der Waals surface area (Å²) in [5.74, 6) is 0.865. The minimum Gasteiger partial charge on any atom is -0.494 e. The Balaban J connectivity index is 1.57. The first-order valence-corrected chi connectivity index (χ1v) is 10.4. The van der Waals surface area contributed by atoms with Gasteiger partial charge in [0.2, 0.25) is 10.0 Å². The predicted octanol–water partition coefficient (Wildman–Crippen LogP) is 2.64. The van der Waals surface area contributed by atoms with E-state index in [0.717, 1.165) is 12.3 Å². The predicted molar refractivity (Wildman–Crippen MR) is 101 cm³/mol. The zero-order valence-electron chi connectivity index (χ0n) is 14.6. The van der Waals surface area contributed by atoms with E-state index in [0.29, 0.717) is 32.8 Å². The molecule has 0 radical (unpaired) electrons. The van der Waals surface area contributed by atoms with Crippen molar-refractivity contribution in [3.8, 4) is 5.75 Å².